The third-order valence-corrected chi connectivity index (χ3v) is 3.81. The van der Waals surface area contributed by atoms with Gasteiger partial charge in [0.15, 0.2) is 11.5 Å². The van der Waals surface area contributed by atoms with Crippen molar-refractivity contribution in [2.24, 2.45) is 5.73 Å². The van der Waals surface area contributed by atoms with Crippen molar-refractivity contribution in [3.63, 3.8) is 0 Å². The topological polar surface area (TPSA) is 89.4 Å². The molecule has 3 aromatic rings. The molecule has 0 radical (unpaired) electrons. The molecule has 3 rings (SSSR count). The number of rotatable bonds is 7. The van der Waals surface area contributed by atoms with Crippen LogP contribution in [-0.2, 0) is 11.2 Å². The van der Waals surface area contributed by atoms with E-state index in [1.165, 1.54) is 0 Å². The second-order valence-corrected chi connectivity index (χ2v) is 5.63. The molecule has 4 N–H and O–H groups in total. The summed E-state index contributed by atoms with van der Waals surface area (Å²) in [6.45, 7) is 0.843. The van der Waals surface area contributed by atoms with Crippen LogP contribution in [0.1, 0.15) is 5.56 Å². The number of H-pyrrole nitrogens is 1. The molecule has 0 bridgehead atoms. The van der Waals surface area contributed by atoms with Crippen LogP contribution >= 0.6 is 0 Å². The standard InChI is InChI=1S/C19H21N3O3/c1-24-18-10-13(2-5-17(18)25-9-7-20)11-19(23)22-15-4-3-14-6-8-21-16(14)12-15/h2-6,8,10,12,21H,7,9,11,20H2,1H3,(H,22,23). The van der Waals surface area contributed by atoms with E-state index in [1.807, 2.05) is 36.5 Å². The number of carbonyl (C=O) groups is 1. The quantitative estimate of drug-likeness (QED) is 0.617. The van der Waals surface area contributed by atoms with Crippen molar-refractivity contribution in [3.8, 4) is 11.5 Å². The molecule has 6 nitrogen and oxygen atoms in total. The van der Waals surface area contributed by atoms with Crippen molar-refractivity contribution in [2.45, 2.75) is 6.42 Å². The van der Waals surface area contributed by atoms with Crippen LogP contribution in [0.4, 0.5) is 5.69 Å². The molecule has 0 spiro atoms. The zero-order valence-corrected chi connectivity index (χ0v) is 14.0. The number of methoxy groups -OCH3 is 1. The Morgan fingerprint density at radius 2 is 2.04 bits per heavy atom. The first kappa shape index (κ1) is 16.9. The number of benzene rings is 2. The minimum atomic E-state index is -0.0939. The van der Waals surface area contributed by atoms with E-state index in [-0.39, 0.29) is 12.3 Å². The van der Waals surface area contributed by atoms with Gasteiger partial charge in [0.25, 0.3) is 0 Å². The Morgan fingerprint density at radius 1 is 1.16 bits per heavy atom. The van der Waals surface area contributed by atoms with Crippen molar-refractivity contribution in [1.29, 1.82) is 0 Å². The highest BCUT2D eigenvalue weighted by atomic mass is 16.5. The van der Waals surface area contributed by atoms with E-state index in [9.17, 15) is 4.79 Å². The fourth-order valence-electron chi connectivity index (χ4n) is 2.63. The van der Waals surface area contributed by atoms with Gasteiger partial charge in [-0.1, -0.05) is 12.1 Å². The van der Waals surface area contributed by atoms with Crippen LogP contribution in [0.2, 0.25) is 0 Å². The summed E-state index contributed by atoms with van der Waals surface area (Å²) in [5, 5.41) is 4.02. The molecule has 0 saturated heterocycles. The van der Waals surface area contributed by atoms with Gasteiger partial charge in [-0.05, 0) is 41.3 Å². The van der Waals surface area contributed by atoms with Crippen LogP contribution in [0.5, 0.6) is 11.5 Å². The zero-order valence-electron chi connectivity index (χ0n) is 14.0. The fourth-order valence-corrected chi connectivity index (χ4v) is 2.63. The Kier molecular flexibility index (Phi) is 5.20. The van der Waals surface area contributed by atoms with Gasteiger partial charge in [-0.15, -0.1) is 0 Å². The highest BCUT2D eigenvalue weighted by Gasteiger charge is 2.10. The molecule has 0 aliphatic heterocycles. The van der Waals surface area contributed by atoms with Crippen molar-refractivity contribution >= 4 is 22.5 Å². The lowest BCUT2D eigenvalue weighted by molar-refractivity contribution is -0.115. The molecule has 1 amide bonds. The SMILES string of the molecule is COc1cc(CC(=O)Nc2ccc3cc[nH]c3c2)ccc1OCCN. The van der Waals surface area contributed by atoms with Gasteiger partial charge in [0, 0.05) is 23.9 Å². The normalized spacial score (nSPS) is 10.6. The third kappa shape index (κ3) is 4.10. The first-order valence-electron chi connectivity index (χ1n) is 8.06. The monoisotopic (exact) mass is 339 g/mol. The lowest BCUT2D eigenvalue weighted by Crippen LogP contribution is -2.14. The maximum Gasteiger partial charge on any atom is 0.228 e. The summed E-state index contributed by atoms with van der Waals surface area (Å²) in [7, 11) is 1.57. The number of fused-ring (bicyclic) bond motifs is 1. The number of anilines is 1. The number of aromatic nitrogens is 1. The summed E-state index contributed by atoms with van der Waals surface area (Å²) in [6, 6.07) is 13.2. The lowest BCUT2D eigenvalue weighted by atomic mass is 10.1. The van der Waals surface area contributed by atoms with E-state index in [0.717, 1.165) is 22.2 Å². The van der Waals surface area contributed by atoms with E-state index in [2.05, 4.69) is 10.3 Å². The summed E-state index contributed by atoms with van der Waals surface area (Å²) in [5.74, 6) is 1.12. The number of aromatic amines is 1. The molecule has 0 fully saturated rings. The number of hydrogen-bond acceptors (Lipinski definition) is 4. The number of ether oxygens (including phenoxy) is 2. The van der Waals surface area contributed by atoms with Crippen molar-refractivity contribution in [1.82, 2.24) is 4.98 Å². The second-order valence-electron chi connectivity index (χ2n) is 5.63. The summed E-state index contributed by atoms with van der Waals surface area (Å²) in [5.41, 5.74) is 8.03. The molecule has 0 aliphatic rings. The predicted molar refractivity (Wildman–Crippen MR) is 98.2 cm³/mol. The maximum absolute atomic E-state index is 12.3. The molecule has 130 valence electrons. The number of nitrogens with two attached hydrogens (primary N) is 1. The number of nitrogens with one attached hydrogen (secondary N) is 2. The van der Waals surface area contributed by atoms with Gasteiger partial charge in [0.1, 0.15) is 6.61 Å². The Labute approximate surface area is 145 Å². The second kappa shape index (κ2) is 7.72. The van der Waals surface area contributed by atoms with Crippen molar-refractivity contribution in [3.05, 3.63) is 54.2 Å². The largest absolute Gasteiger partial charge is 0.493 e. The van der Waals surface area contributed by atoms with Gasteiger partial charge >= 0.3 is 0 Å². The van der Waals surface area contributed by atoms with Gasteiger partial charge < -0.3 is 25.5 Å². The maximum atomic E-state index is 12.3. The van der Waals surface area contributed by atoms with Gasteiger partial charge in [-0.2, -0.15) is 0 Å². The van der Waals surface area contributed by atoms with Gasteiger partial charge in [-0.25, -0.2) is 0 Å². The molecular weight excluding hydrogens is 318 g/mol. The number of amides is 1. The first-order chi connectivity index (χ1) is 12.2. The smallest absolute Gasteiger partial charge is 0.228 e. The van der Waals surface area contributed by atoms with Gasteiger partial charge in [0.05, 0.1) is 13.5 Å². The average molecular weight is 339 g/mol. The van der Waals surface area contributed by atoms with E-state index < -0.39 is 0 Å². The van der Waals surface area contributed by atoms with Crippen LogP contribution in [0.15, 0.2) is 48.7 Å². The van der Waals surface area contributed by atoms with Crippen LogP contribution < -0.4 is 20.5 Å². The zero-order chi connectivity index (χ0) is 17.6. The molecule has 2 aromatic carbocycles. The molecule has 25 heavy (non-hydrogen) atoms. The van der Waals surface area contributed by atoms with E-state index >= 15 is 0 Å². The van der Waals surface area contributed by atoms with Crippen LogP contribution in [0.3, 0.4) is 0 Å². The highest BCUT2D eigenvalue weighted by molar-refractivity contribution is 5.94. The van der Waals surface area contributed by atoms with Crippen LogP contribution in [0, 0.1) is 0 Å². The molecule has 0 atom stereocenters. The molecular formula is C19H21N3O3. The van der Waals surface area contributed by atoms with E-state index in [0.29, 0.717) is 24.7 Å². The van der Waals surface area contributed by atoms with Crippen molar-refractivity contribution in [2.75, 3.05) is 25.6 Å². The summed E-state index contributed by atoms with van der Waals surface area (Å²) in [6.07, 6.45) is 2.12. The molecule has 6 heteroatoms. The predicted octanol–water partition coefficient (Wildman–Crippen LogP) is 2.70. The molecule has 0 unspecified atom stereocenters. The van der Waals surface area contributed by atoms with E-state index in [1.54, 1.807) is 19.2 Å². The highest BCUT2D eigenvalue weighted by Crippen LogP contribution is 2.28. The Morgan fingerprint density at radius 3 is 2.84 bits per heavy atom. The summed E-state index contributed by atoms with van der Waals surface area (Å²) < 4.78 is 10.8. The lowest BCUT2D eigenvalue weighted by Gasteiger charge is -2.12. The van der Waals surface area contributed by atoms with Crippen molar-refractivity contribution < 1.29 is 14.3 Å². The molecule has 1 heterocycles. The van der Waals surface area contributed by atoms with Gasteiger partial charge in [0.2, 0.25) is 5.91 Å². The summed E-state index contributed by atoms with van der Waals surface area (Å²) in [4.78, 5) is 15.4. The Bertz CT molecular complexity index is 873. The third-order valence-electron chi connectivity index (χ3n) is 3.81. The summed E-state index contributed by atoms with van der Waals surface area (Å²) >= 11 is 0. The van der Waals surface area contributed by atoms with E-state index in [4.69, 9.17) is 15.2 Å². The van der Waals surface area contributed by atoms with Crippen LogP contribution in [-0.4, -0.2) is 31.2 Å². The Balaban J connectivity index is 1.67. The number of hydrogen-bond donors (Lipinski definition) is 3. The van der Waals surface area contributed by atoms with Gasteiger partial charge in [-0.3, -0.25) is 4.79 Å². The molecule has 0 aliphatic carbocycles. The minimum absolute atomic E-state index is 0.0939. The molecule has 1 aromatic heterocycles. The fraction of sp³-hybridized carbons (Fsp3) is 0.211. The minimum Gasteiger partial charge on any atom is -0.493 e. The Hall–Kier alpha value is -2.99. The molecule has 0 saturated carbocycles. The first-order valence-corrected chi connectivity index (χ1v) is 8.06. The average Bonchev–Trinajstić information content (AvgIpc) is 3.08. The van der Waals surface area contributed by atoms with Crippen LogP contribution in [0.25, 0.3) is 10.9 Å². The number of carbonyl (C=O) groups excluding carboxylic acids is 1.